The highest BCUT2D eigenvalue weighted by Gasteiger charge is 2.25. The van der Waals surface area contributed by atoms with Crippen LogP contribution in [0.5, 0.6) is 5.88 Å². The molecule has 1 saturated heterocycles. The first-order valence-corrected chi connectivity index (χ1v) is 9.80. The number of benzene rings is 1. The van der Waals surface area contributed by atoms with Crippen molar-refractivity contribution in [3.8, 4) is 17.3 Å². The lowest BCUT2D eigenvalue weighted by molar-refractivity contribution is -0.108. The Morgan fingerprint density at radius 2 is 2.24 bits per heavy atom. The number of hydrogen-bond donors (Lipinski definition) is 1. The number of likely N-dealkylation sites (tertiary alicyclic amines) is 1. The minimum Gasteiger partial charge on any atom is -0.471 e. The van der Waals surface area contributed by atoms with E-state index in [4.69, 9.17) is 9.72 Å². The van der Waals surface area contributed by atoms with Crippen molar-refractivity contribution in [1.29, 1.82) is 0 Å². The Morgan fingerprint density at radius 3 is 3.14 bits per heavy atom. The van der Waals surface area contributed by atoms with Gasteiger partial charge in [-0.3, -0.25) is 4.90 Å². The molecule has 8 nitrogen and oxygen atoms in total. The van der Waals surface area contributed by atoms with E-state index in [0.29, 0.717) is 17.8 Å². The Labute approximate surface area is 167 Å². The van der Waals surface area contributed by atoms with E-state index in [1.165, 1.54) is 6.33 Å². The second-order valence-electron chi connectivity index (χ2n) is 7.41. The summed E-state index contributed by atoms with van der Waals surface area (Å²) in [7, 11) is 1.96. The molecule has 1 unspecified atom stereocenters. The molecule has 1 fully saturated rings. The molecule has 4 aromatic rings. The molecule has 1 aliphatic rings. The first-order valence-electron chi connectivity index (χ1n) is 9.80. The van der Waals surface area contributed by atoms with Crippen LogP contribution in [0.2, 0.25) is 0 Å². The normalized spacial score (nSPS) is 17.3. The van der Waals surface area contributed by atoms with Gasteiger partial charge in [0.2, 0.25) is 5.88 Å². The number of imidazole rings is 1. The molecule has 29 heavy (non-hydrogen) atoms. The fourth-order valence-corrected chi connectivity index (χ4v) is 4.00. The second-order valence-corrected chi connectivity index (χ2v) is 7.41. The number of rotatable bonds is 6. The van der Waals surface area contributed by atoms with Crippen molar-refractivity contribution in [2.45, 2.75) is 18.9 Å². The van der Waals surface area contributed by atoms with Gasteiger partial charge in [0.15, 0.2) is 11.2 Å². The summed E-state index contributed by atoms with van der Waals surface area (Å²) in [5.41, 5.74) is 3.49. The van der Waals surface area contributed by atoms with Gasteiger partial charge in [0.05, 0.1) is 0 Å². The number of hydrogen-bond acceptors (Lipinski definition) is 6. The SMILES string of the molecule is Cn1c(-c2ccc3cc[nH]c3c2)nc2c(OC3CCN(CCC=O)C3)ncnc21. The maximum Gasteiger partial charge on any atom is 0.245 e. The van der Waals surface area contributed by atoms with Crippen LogP contribution in [0.15, 0.2) is 36.8 Å². The number of fused-ring (bicyclic) bond motifs is 2. The van der Waals surface area contributed by atoms with Crippen LogP contribution in [0.1, 0.15) is 12.8 Å². The van der Waals surface area contributed by atoms with Gasteiger partial charge < -0.3 is 19.1 Å². The molecule has 0 aliphatic carbocycles. The molecule has 0 radical (unpaired) electrons. The van der Waals surface area contributed by atoms with E-state index >= 15 is 0 Å². The molecule has 0 bridgehead atoms. The van der Waals surface area contributed by atoms with Crippen LogP contribution in [0, 0.1) is 0 Å². The van der Waals surface area contributed by atoms with Crippen LogP contribution >= 0.6 is 0 Å². The number of carbonyl (C=O) groups is 1. The van der Waals surface area contributed by atoms with Crippen LogP contribution in [-0.2, 0) is 11.8 Å². The molecule has 3 aromatic heterocycles. The van der Waals surface area contributed by atoms with E-state index in [-0.39, 0.29) is 6.10 Å². The third-order valence-electron chi connectivity index (χ3n) is 5.51. The van der Waals surface area contributed by atoms with E-state index in [9.17, 15) is 4.79 Å². The Morgan fingerprint density at radius 1 is 1.31 bits per heavy atom. The van der Waals surface area contributed by atoms with E-state index in [1.807, 2.05) is 23.9 Å². The van der Waals surface area contributed by atoms with Gasteiger partial charge in [0, 0.05) is 50.4 Å². The summed E-state index contributed by atoms with van der Waals surface area (Å²) < 4.78 is 8.17. The standard InChI is InChI=1S/C21H22N6O2/c1-26-19(15-4-3-14-5-7-22-17(14)11-15)25-18-20(26)23-13-24-21(18)29-16-6-9-27(12-16)8-2-10-28/h3-5,7,10-11,13,16,22H,2,6,8-9,12H2,1H3. The summed E-state index contributed by atoms with van der Waals surface area (Å²) in [6.45, 7) is 2.50. The number of aldehydes is 1. The maximum atomic E-state index is 10.6. The van der Waals surface area contributed by atoms with E-state index in [2.05, 4.69) is 38.1 Å². The molecule has 0 saturated carbocycles. The monoisotopic (exact) mass is 390 g/mol. The predicted octanol–water partition coefficient (Wildman–Crippen LogP) is 2.55. The summed E-state index contributed by atoms with van der Waals surface area (Å²) in [5, 5.41) is 1.16. The first-order chi connectivity index (χ1) is 14.2. The minimum absolute atomic E-state index is 0.0421. The van der Waals surface area contributed by atoms with Crippen molar-refractivity contribution >= 4 is 28.4 Å². The number of H-pyrrole nitrogens is 1. The molecule has 0 spiro atoms. The van der Waals surface area contributed by atoms with E-state index in [1.54, 1.807) is 0 Å². The fraction of sp³-hybridized carbons (Fsp3) is 0.333. The predicted molar refractivity (Wildman–Crippen MR) is 110 cm³/mol. The molecule has 4 heterocycles. The van der Waals surface area contributed by atoms with Crippen LogP contribution in [-0.4, -0.2) is 61.4 Å². The third-order valence-corrected chi connectivity index (χ3v) is 5.51. The van der Waals surface area contributed by atoms with Gasteiger partial charge in [-0.05, 0) is 23.9 Å². The summed E-state index contributed by atoms with van der Waals surface area (Å²) in [4.78, 5) is 29.7. The second kappa shape index (κ2) is 7.29. The van der Waals surface area contributed by atoms with Crippen LogP contribution in [0.4, 0.5) is 0 Å². The molecule has 1 aromatic carbocycles. The van der Waals surface area contributed by atoms with Gasteiger partial charge in [-0.1, -0.05) is 12.1 Å². The van der Waals surface area contributed by atoms with Crippen molar-refractivity contribution in [2.24, 2.45) is 7.05 Å². The van der Waals surface area contributed by atoms with Gasteiger partial charge in [0.25, 0.3) is 0 Å². The lowest BCUT2D eigenvalue weighted by Crippen LogP contribution is -2.26. The van der Waals surface area contributed by atoms with Gasteiger partial charge in [0.1, 0.15) is 24.5 Å². The quantitative estimate of drug-likeness (QED) is 0.509. The van der Waals surface area contributed by atoms with Crippen molar-refractivity contribution in [3.63, 3.8) is 0 Å². The Balaban J connectivity index is 1.45. The lowest BCUT2D eigenvalue weighted by atomic mass is 10.1. The Hall–Kier alpha value is -3.26. The van der Waals surface area contributed by atoms with Gasteiger partial charge in [-0.2, -0.15) is 4.98 Å². The maximum absolute atomic E-state index is 10.6. The highest BCUT2D eigenvalue weighted by atomic mass is 16.5. The molecule has 1 atom stereocenters. The third kappa shape index (κ3) is 3.25. The zero-order valence-electron chi connectivity index (χ0n) is 16.2. The van der Waals surface area contributed by atoms with Crippen LogP contribution in [0.25, 0.3) is 33.5 Å². The Kier molecular flexibility index (Phi) is 4.48. The largest absolute Gasteiger partial charge is 0.471 e. The smallest absolute Gasteiger partial charge is 0.245 e. The average molecular weight is 390 g/mol. The van der Waals surface area contributed by atoms with Crippen LogP contribution < -0.4 is 4.74 Å². The first kappa shape index (κ1) is 17.8. The highest BCUT2D eigenvalue weighted by molar-refractivity contribution is 5.86. The van der Waals surface area contributed by atoms with Crippen molar-refractivity contribution in [1.82, 2.24) is 29.4 Å². The molecular formula is C21H22N6O2. The zero-order chi connectivity index (χ0) is 19.8. The molecular weight excluding hydrogens is 368 g/mol. The number of ether oxygens (including phenoxy) is 1. The molecule has 1 aliphatic heterocycles. The molecule has 8 heteroatoms. The van der Waals surface area contributed by atoms with E-state index in [0.717, 1.165) is 60.3 Å². The summed E-state index contributed by atoms with van der Waals surface area (Å²) >= 11 is 0. The highest BCUT2D eigenvalue weighted by Crippen LogP contribution is 2.29. The molecule has 0 amide bonds. The number of aryl methyl sites for hydroxylation is 1. The van der Waals surface area contributed by atoms with E-state index < -0.39 is 0 Å². The molecule has 148 valence electrons. The number of carbonyl (C=O) groups excluding carboxylic acids is 1. The minimum atomic E-state index is 0.0421. The summed E-state index contributed by atoms with van der Waals surface area (Å²) in [5.74, 6) is 1.33. The number of nitrogens with zero attached hydrogens (tertiary/aromatic N) is 5. The Bertz CT molecular complexity index is 1180. The van der Waals surface area contributed by atoms with Gasteiger partial charge in [-0.15, -0.1) is 0 Å². The molecule has 5 rings (SSSR count). The van der Waals surface area contributed by atoms with Crippen molar-refractivity contribution in [2.75, 3.05) is 19.6 Å². The number of aromatic nitrogens is 5. The van der Waals surface area contributed by atoms with Gasteiger partial charge >= 0.3 is 0 Å². The van der Waals surface area contributed by atoms with Crippen molar-refractivity contribution in [3.05, 3.63) is 36.8 Å². The van der Waals surface area contributed by atoms with Crippen LogP contribution in [0.3, 0.4) is 0 Å². The topological polar surface area (TPSA) is 88.9 Å². The van der Waals surface area contributed by atoms with Gasteiger partial charge in [-0.25, -0.2) is 9.97 Å². The lowest BCUT2D eigenvalue weighted by Gasteiger charge is -2.15. The van der Waals surface area contributed by atoms with Crippen molar-refractivity contribution < 1.29 is 9.53 Å². The zero-order valence-corrected chi connectivity index (χ0v) is 16.2. The average Bonchev–Trinajstić information content (AvgIpc) is 3.45. The fourth-order valence-electron chi connectivity index (χ4n) is 4.00. The number of nitrogens with one attached hydrogen (secondary N) is 1. The molecule has 1 N–H and O–H groups in total. The number of aromatic amines is 1. The summed E-state index contributed by atoms with van der Waals surface area (Å²) in [6.07, 6.45) is 5.92. The summed E-state index contributed by atoms with van der Waals surface area (Å²) in [6, 6.07) is 8.28.